The highest BCUT2D eigenvalue weighted by molar-refractivity contribution is 5.76. The van der Waals surface area contributed by atoms with Crippen LogP contribution in [0.1, 0.15) is 17.5 Å². The molecule has 1 aliphatic carbocycles. The Bertz CT molecular complexity index is 744. The van der Waals surface area contributed by atoms with E-state index in [9.17, 15) is 0 Å². The molecule has 0 bridgehead atoms. The molecule has 0 aliphatic heterocycles. The fourth-order valence-corrected chi connectivity index (χ4v) is 3.01. The van der Waals surface area contributed by atoms with Gasteiger partial charge in [-0.05, 0) is 37.0 Å². The Morgan fingerprint density at radius 3 is 2.70 bits per heavy atom. The number of nitrogens with one attached hydrogen (secondary N) is 1. The fraction of sp³-hybridized carbons (Fsp3) is 0.176. The summed E-state index contributed by atoms with van der Waals surface area (Å²) in [7, 11) is 0. The van der Waals surface area contributed by atoms with Gasteiger partial charge in [0.1, 0.15) is 0 Å². The van der Waals surface area contributed by atoms with Crippen molar-refractivity contribution in [3.05, 3.63) is 59.9 Å². The van der Waals surface area contributed by atoms with Crippen LogP contribution in [0.5, 0.6) is 0 Å². The summed E-state index contributed by atoms with van der Waals surface area (Å²) in [5.41, 5.74) is 7.42. The van der Waals surface area contributed by atoms with Crippen LogP contribution >= 0.6 is 0 Å². The zero-order valence-corrected chi connectivity index (χ0v) is 11.1. The summed E-state index contributed by atoms with van der Waals surface area (Å²) < 4.78 is 0. The van der Waals surface area contributed by atoms with Crippen LogP contribution < -0.4 is 0 Å². The molecular weight excluding hydrogens is 246 g/mol. The summed E-state index contributed by atoms with van der Waals surface area (Å²) in [5.74, 6) is 0. The quantitative estimate of drug-likeness (QED) is 0.726. The van der Waals surface area contributed by atoms with E-state index in [1.54, 1.807) is 0 Å². The lowest BCUT2D eigenvalue weighted by Gasteiger charge is -2.03. The molecular formula is C17H15N3. The molecule has 20 heavy (non-hydrogen) atoms. The highest BCUT2D eigenvalue weighted by Gasteiger charge is 2.20. The Morgan fingerprint density at radius 2 is 1.80 bits per heavy atom. The van der Waals surface area contributed by atoms with E-state index < -0.39 is 0 Å². The smallest absolute Gasteiger partial charge is 0.0961 e. The average molecular weight is 261 g/mol. The first-order valence-corrected chi connectivity index (χ1v) is 6.99. The molecule has 0 amide bonds. The number of rotatable bonds is 1. The molecule has 0 spiro atoms. The van der Waals surface area contributed by atoms with Gasteiger partial charge < -0.3 is 0 Å². The maximum Gasteiger partial charge on any atom is 0.0961 e. The number of aromatic amines is 1. The van der Waals surface area contributed by atoms with E-state index in [-0.39, 0.29) is 0 Å². The SMILES string of the molecule is c1ccc2c(c1)CCCc1c-2n[nH]c1-c1ccncc1. The predicted molar refractivity (Wildman–Crippen MR) is 79.3 cm³/mol. The van der Waals surface area contributed by atoms with E-state index in [2.05, 4.69) is 39.4 Å². The number of H-pyrrole nitrogens is 1. The molecule has 1 aromatic carbocycles. The molecule has 0 fully saturated rings. The van der Waals surface area contributed by atoms with Crippen LogP contribution in [0.2, 0.25) is 0 Å². The Morgan fingerprint density at radius 1 is 0.950 bits per heavy atom. The number of hydrogen-bond donors (Lipinski definition) is 1. The number of hydrogen-bond acceptors (Lipinski definition) is 2. The van der Waals surface area contributed by atoms with Crippen molar-refractivity contribution in [2.75, 3.05) is 0 Å². The topological polar surface area (TPSA) is 41.6 Å². The Balaban J connectivity index is 1.92. The van der Waals surface area contributed by atoms with Crippen LogP contribution in [-0.4, -0.2) is 15.2 Å². The fourth-order valence-electron chi connectivity index (χ4n) is 3.01. The number of fused-ring (bicyclic) bond motifs is 3. The van der Waals surface area contributed by atoms with Gasteiger partial charge in [-0.1, -0.05) is 24.3 Å². The summed E-state index contributed by atoms with van der Waals surface area (Å²) in [4.78, 5) is 4.09. The van der Waals surface area contributed by atoms with Crippen molar-refractivity contribution < 1.29 is 0 Å². The molecule has 0 unspecified atom stereocenters. The molecule has 3 heteroatoms. The van der Waals surface area contributed by atoms with Crippen LogP contribution in [0.3, 0.4) is 0 Å². The Hall–Kier alpha value is -2.42. The van der Waals surface area contributed by atoms with Gasteiger partial charge in [0.05, 0.1) is 11.4 Å². The van der Waals surface area contributed by atoms with E-state index in [1.165, 1.54) is 23.1 Å². The predicted octanol–water partition coefficient (Wildman–Crippen LogP) is 3.63. The largest absolute Gasteiger partial charge is 0.277 e. The summed E-state index contributed by atoms with van der Waals surface area (Å²) in [5, 5.41) is 7.81. The molecule has 4 rings (SSSR count). The van der Waals surface area contributed by atoms with Gasteiger partial charge in [-0.25, -0.2) is 0 Å². The van der Waals surface area contributed by atoms with Crippen molar-refractivity contribution >= 4 is 0 Å². The van der Waals surface area contributed by atoms with Gasteiger partial charge in [0.25, 0.3) is 0 Å². The van der Waals surface area contributed by atoms with Gasteiger partial charge in [-0.3, -0.25) is 10.1 Å². The Kier molecular flexibility index (Phi) is 2.62. The van der Waals surface area contributed by atoms with Gasteiger partial charge in [0, 0.05) is 29.1 Å². The third kappa shape index (κ3) is 1.74. The summed E-state index contributed by atoms with van der Waals surface area (Å²) in [6.07, 6.45) is 7.02. The lowest BCUT2D eigenvalue weighted by atomic mass is 10.0. The number of benzene rings is 1. The zero-order valence-electron chi connectivity index (χ0n) is 11.1. The van der Waals surface area contributed by atoms with E-state index in [0.717, 1.165) is 29.8 Å². The molecule has 1 aliphatic rings. The van der Waals surface area contributed by atoms with Crippen molar-refractivity contribution in [1.29, 1.82) is 0 Å². The van der Waals surface area contributed by atoms with Gasteiger partial charge >= 0.3 is 0 Å². The summed E-state index contributed by atoms with van der Waals surface area (Å²) in [6.45, 7) is 0. The second-order valence-corrected chi connectivity index (χ2v) is 5.17. The normalized spacial score (nSPS) is 13.4. The minimum absolute atomic E-state index is 1.07. The molecule has 2 aromatic heterocycles. The van der Waals surface area contributed by atoms with Crippen molar-refractivity contribution in [1.82, 2.24) is 15.2 Å². The van der Waals surface area contributed by atoms with E-state index >= 15 is 0 Å². The second kappa shape index (κ2) is 4.60. The second-order valence-electron chi connectivity index (χ2n) is 5.17. The molecule has 0 radical (unpaired) electrons. The first kappa shape index (κ1) is 11.4. The van der Waals surface area contributed by atoms with Crippen molar-refractivity contribution in [3.63, 3.8) is 0 Å². The van der Waals surface area contributed by atoms with Crippen molar-refractivity contribution in [3.8, 4) is 22.5 Å². The molecule has 3 nitrogen and oxygen atoms in total. The minimum atomic E-state index is 1.07. The van der Waals surface area contributed by atoms with Crippen LogP contribution in [0.4, 0.5) is 0 Å². The standard InChI is InChI=1S/C17H15N3/c1-2-6-14-12(4-1)5-3-7-15-16(19-20-17(14)15)13-8-10-18-11-9-13/h1-2,4,6,8-11H,3,5,7H2,(H,19,20). The van der Waals surface area contributed by atoms with Crippen LogP contribution in [0.25, 0.3) is 22.5 Å². The Labute approximate surface area is 117 Å². The highest BCUT2D eigenvalue weighted by Crippen LogP contribution is 2.35. The number of aryl methyl sites for hydroxylation is 1. The summed E-state index contributed by atoms with van der Waals surface area (Å²) >= 11 is 0. The van der Waals surface area contributed by atoms with Gasteiger partial charge in [0.15, 0.2) is 0 Å². The van der Waals surface area contributed by atoms with Gasteiger partial charge in [-0.2, -0.15) is 5.10 Å². The molecule has 0 atom stereocenters. The first-order valence-electron chi connectivity index (χ1n) is 6.99. The number of aromatic nitrogens is 3. The van der Waals surface area contributed by atoms with Crippen molar-refractivity contribution in [2.45, 2.75) is 19.3 Å². The average Bonchev–Trinajstić information content (AvgIpc) is 2.84. The lowest BCUT2D eigenvalue weighted by molar-refractivity contribution is 0.835. The molecule has 1 N–H and O–H groups in total. The lowest BCUT2D eigenvalue weighted by Crippen LogP contribution is -1.89. The molecule has 2 heterocycles. The van der Waals surface area contributed by atoms with Crippen molar-refractivity contribution in [2.24, 2.45) is 0 Å². The third-order valence-corrected chi connectivity index (χ3v) is 3.98. The van der Waals surface area contributed by atoms with E-state index in [1.807, 2.05) is 24.5 Å². The highest BCUT2D eigenvalue weighted by atomic mass is 15.1. The van der Waals surface area contributed by atoms with Crippen LogP contribution in [0, 0.1) is 0 Å². The maximum atomic E-state index is 4.59. The van der Waals surface area contributed by atoms with Gasteiger partial charge in [0.2, 0.25) is 0 Å². The molecule has 3 aromatic rings. The molecule has 0 saturated carbocycles. The van der Waals surface area contributed by atoms with Gasteiger partial charge in [-0.15, -0.1) is 0 Å². The monoisotopic (exact) mass is 261 g/mol. The maximum absolute atomic E-state index is 4.59. The number of nitrogens with zero attached hydrogens (tertiary/aromatic N) is 2. The third-order valence-electron chi connectivity index (χ3n) is 3.98. The molecule has 0 saturated heterocycles. The zero-order chi connectivity index (χ0) is 13.4. The first-order chi connectivity index (χ1) is 9.93. The van der Waals surface area contributed by atoms with Crippen LogP contribution in [0.15, 0.2) is 48.8 Å². The minimum Gasteiger partial charge on any atom is -0.277 e. The summed E-state index contributed by atoms with van der Waals surface area (Å²) in [6, 6.07) is 12.7. The van der Waals surface area contributed by atoms with Crippen LogP contribution in [-0.2, 0) is 12.8 Å². The number of pyridine rings is 1. The molecule has 98 valence electrons. The van der Waals surface area contributed by atoms with E-state index in [4.69, 9.17) is 0 Å². The van der Waals surface area contributed by atoms with E-state index in [0.29, 0.717) is 0 Å².